The molecule has 84 valence electrons. The number of hydrogen-bond donors (Lipinski definition) is 1. The molecule has 0 unspecified atom stereocenters. The quantitative estimate of drug-likeness (QED) is 0.888. The smallest absolute Gasteiger partial charge is 0.287 e. The van der Waals surface area contributed by atoms with Gasteiger partial charge in [0.15, 0.2) is 5.76 Å². The first-order valence-electron chi connectivity index (χ1n) is 5.07. The van der Waals surface area contributed by atoms with Gasteiger partial charge in [-0.1, -0.05) is 6.07 Å². The van der Waals surface area contributed by atoms with Gasteiger partial charge in [0.05, 0.1) is 6.04 Å². The molecule has 0 aliphatic heterocycles. The second-order valence-electron chi connectivity index (χ2n) is 3.62. The van der Waals surface area contributed by atoms with Crippen molar-refractivity contribution in [1.82, 2.24) is 5.32 Å². The molecule has 0 bridgehead atoms. The Morgan fingerprint density at radius 3 is 2.81 bits per heavy atom. The average molecular weight is 235 g/mol. The maximum Gasteiger partial charge on any atom is 0.287 e. The van der Waals surface area contributed by atoms with Crippen LogP contribution in [0, 0.1) is 6.92 Å². The fourth-order valence-electron chi connectivity index (χ4n) is 1.43. The normalized spacial score (nSPS) is 12.4. The SMILES string of the molecule is Cc1ccc(C(=O)N[C@H](C)c2cccs2)o1. The summed E-state index contributed by atoms with van der Waals surface area (Å²) in [4.78, 5) is 12.9. The monoisotopic (exact) mass is 235 g/mol. The van der Waals surface area contributed by atoms with Gasteiger partial charge in [-0.05, 0) is 37.4 Å². The molecule has 16 heavy (non-hydrogen) atoms. The van der Waals surface area contributed by atoms with Crippen LogP contribution in [0.3, 0.4) is 0 Å². The number of thiophene rings is 1. The van der Waals surface area contributed by atoms with Crippen molar-refractivity contribution in [1.29, 1.82) is 0 Å². The van der Waals surface area contributed by atoms with Crippen LogP contribution in [0.25, 0.3) is 0 Å². The largest absolute Gasteiger partial charge is 0.456 e. The first-order chi connectivity index (χ1) is 7.66. The molecule has 2 aromatic rings. The Bertz CT molecular complexity index is 473. The molecule has 0 spiro atoms. The van der Waals surface area contributed by atoms with Gasteiger partial charge >= 0.3 is 0 Å². The lowest BCUT2D eigenvalue weighted by molar-refractivity contribution is 0.0911. The molecule has 0 fully saturated rings. The first-order valence-corrected chi connectivity index (χ1v) is 5.95. The van der Waals surface area contributed by atoms with Crippen LogP contribution < -0.4 is 5.32 Å². The van der Waals surface area contributed by atoms with Crippen molar-refractivity contribution in [2.24, 2.45) is 0 Å². The molecule has 0 saturated carbocycles. The molecule has 2 aromatic heterocycles. The van der Waals surface area contributed by atoms with Crippen molar-refractivity contribution >= 4 is 17.2 Å². The molecule has 0 aliphatic rings. The van der Waals surface area contributed by atoms with Gasteiger partial charge in [0, 0.05) is 4.88 Å². The van der Waals surface area contributed by atoms with Gasteiger partial charge in [0.1, 0.15) is 5.76 Å². The number of carbonyl (C=O) groups excluding carboxylic acids is 1. The predicted molar refractivity (Wildman–Crippen MR) is 63.6 cm³/mol. The highest BCUT2D eigenvalue weighted by Gasteiger charge is 2.14. The van der Waals surface area contributed by atoms with Gasteiger partial charge in [0.25, 0.3) is 5.91 Å². The molecule has 0 radical (unpaired) electrons. The second-order valence-corrected chi connectivity index (χ2v) is 4.60. The molecule has 0 aliphatic carbocycles. The van der Waals surface area contributed by atoms with Crippen molar-refractivity contribution in [3.8, 4) is 0 Å². The van der Waals surface area contributed by atoms with Gasteiger partial charge < -0.3 is 9.73 Å². The number of hydrogen-bond acceptors (Lipinski definition) is 3. The number of furan rings is 1. The maximum absolute atomic E-state index is 11.8. The summed E-state index contributed by atoms with van der Waals surface area (Å²) in [5.74, 6) is 0.934. The molecule has 3 nitrogen and oxygen atoms in total. The van der Waals surface area contributed by atoms with E-state index in [-0.39, 0.29) is 11.9 Å². The highest BCUT2D eigenvalue weighted by molar-refractivity contribution is 7.10. The zero-order valence-electron chi connectivity index (χ0n) is 9.19. The van der Waals surface area contributed by atoms with Crippen molar-refractivity contribution in [2.45, 2.75) is 19.9 Å². The Balaban J connectivity index is 2.03. The fraction of sp³-hybridized carbons (Fsp3) is 0.250. The summed E-state index contributed by atoms with van der Waals surface area (Å²) >= 11 is 1.63. The second kappa shape index (κ2) is 4.53. The minimum absolute atomic E-state index is 0.0120. The molecule has 1 atom stereocenters. The Morgan fingerprint density at radius 2 is 2.25 bits per heavy atom. The fourth-order valence-corrected chi connectivity index (χ4v) is 2.17. The average Bonchev–Trinajstić information content (AvgIpc) is 2.87. The first kappa shape index (κ1) is 11.0. The Kier molecular flexibility index (Phi) is 3.10. The Labute approximate surface area is 98.1 Å². The number of carbonyl (C=O) groups is 1. The summed E-state index contributed by atoms with van der Waals surface area (Å²) in [5.41, 5.74) is 0. The number of rotatable bonds is 3. The van der Waals surface area contributed by atoms with Crippen LogP contribution in [0.1, 0.15) is 34.2 Å². The topological polar surface area (TPSA) is 42.2 Å². The Hall–Kier alpha value is -1.55. The molecule has 0 aromatic carbocycles. The molecule has 2 heterocycles. The van der Waals surface area contributed by atoms with Crippen molar-refractivity contribution in [3.05, 3.63) is 46.0 Å². The summed E-state index contributed by atoms with van der Waals surface area (Å²) in [6.45, 7) is 3.78. The van der Waals surface area contributed by atoms with Crippen LogP contribution >= 0.6 is 11.3 Å². The van der Waals surface area contributed by atoms with E-state index in [0.29, 0.717) is 5.76 Å². The third kappa shape index (κ3) is 2.33. The lowest BCUT2D eigenvalue weighted by Crippen LogP contribution is -2.25. The van der Waals surface area contributed by atoms with Crippen LogP contribution in [0.2, 0.25) is 0 Å². The third-order valence-corrected chi connectivity index (χ3v) is 3.34. The molecular formula is C12H13NO2S. The van der Waals surface area contributed by atoms with Gasteiger partial charge in [0.2, 0.25) is 0 Å². The highest BCUT2D eigenvalue weighted by Crippen LogP contribution is 2.18. The molecule has 1 N–H and O–H groups in total. The summed E-state index contributed by atoms with van der Waals surface area (Å²) in [6.07, 6.45) is 0. The van der Waals surface area contributed by atoms with E-state index in [2.05, 4.69) is 5.32 Å². The summed E-state index contributed by atoms with van der Waals surface area (Å²) in [7, 11) is 0. The molecular weight excluding hydrogens is 222 g/mol. The van der Waals surface area contributed by atoms with E-state index in [4.69, 9.17) is 4.42 Å². The van der Waals surface area contributed by atoms with Gasteiger partial charge in [-0.15, -0.1) is 11.3 Å². The molecule has 2 rings (SSSR count). The lowest BCUT2D eigenvalue weighted by Gasteiger charge is -2.10. The minimum atomic E-state index is -0.172. The zero-order chi connectivity index (χ0) is 11.5. The van der Waals surface area contributed by atoms with Crippen molar-refractivity contribution < 1.29 is 9.21 Å². The predicted octanol–water partition coefficient (Wildman–Crippen LogP) is 3.14. The number of aryl methyl sites for hydroxylation is 1. The summed E-state index contributed by atoms with van der Waals surface area (Å²) in [5, 5.41) is 4.88. The number of amides is 1. The molecule has 4 heteroatoms. The lowest BCUT2D eigenvalue weighted by atomic mass is 10.2. The van der Waals surface area contributed by atoms with E-state index in [1.54, 1.807) is 23.5 Å². The minimum Gasteiger partial charge on any atom is -0.456 e. The van der Waals surface area contributed by atoms with Crippen LogP contribution in [-0.2, 0) is 0 Å². The molecule has 0 saturated heterocycles. The standard InChI is InChI=1S/C12H13NO2S/c1-8-5-6-10(15-8)12(14)13-9(2)11-4-3-7-16-11/h3-7,9H,1-2H3,(H,13,14)/t9-/m1/s1. The van der Waals surface area contributed by atoms with Gasteiger partial charge in [-0.25, -0.2) is 0 Å². The van der Waals surface area contributed by atoms with Crippen molar-refractivity contribution in [2.75, 3.05) is 0 Å². The van der Waals surface area contributed by atoms with E-state index in [0.717, 1.165) is 10.6 Å². The number of nitrogens with one attached hydrogen (secondary N) is 1. The van der Waals surface area contributed by atoms with Gasteiger partial charge in [-0.3, -0.25) is 4.79 Å². The zero-order valence-corrected chi connectivity index (χ0v) is 10.0. The van der Waals surface area contributed by atoms with E-state index in [1.165, 1.54) is 0 Å². The van der Waals surface area contributed by atoms with Crippen molar-refractivity contribution in [3.63, 3.8) is 0 Å². The summed E-state index contributed by atoms with van der Waals surface area (Å²) < 4.78 is 5.25. The van der Waals surface area contributed by atoms with Crippen LogP contribution in [0.5, 0.6) is 0 Å². The van der Waals surface area contributed by atoms with Crippen LogP contribution in [0.15, 0.2) is 34.1 Å². The van der Waals surface area contributed by atoms with E-state index < -0.39 is 0 Å². The van der Waals surface area contributed by atoms with Gasteiger partial charge in [-0.2, -0.15) is 0 Å². The third-order valence-electron chi connectivity index (χ3n) is 2.28. The van der Waals surface area contributed by atoms with Crippen LogP contribution in [-0.4, -0.2) is 5.91 Å². The van der Waals surface area contributed by atoms with Crippen LogP contribution in [0.4, 0.5) is 0 Å². The maximum atomic E-state index is 11.8. The summed E-state index contributed by atoms with van der Waals surface area (Å²) in [6, 6.07) is 7.46. The highest BCUT2D eigenvalue weighted by atomic mass is 32.1. The van der Waals surface area contributed by atoms with E-state index in [9.17, 15) is 4.79 Å². The van der Waals surface area contributed by atoms with E-state index >= 15 is 0 Å². The Morgan fingerprint density at radius 1 is 1.44 bits per heavy atom. The van der Waals surface area contributed by atoms with E-state index in [1.807, 2.05) is 31.4 Å². The molecule has 1 amide bonds.